The Morgan fingerprint density at radius 2 is 1.16 bits per heavy atom. The molecule has 0 radical (unpaired) electrons. The number of fused-ring (bicyclic) bond motifs is 7. The Bertz CT molecular complexity index is 2160. The summed E-state index contributed by atoms with van der Waals surface area (Å²) in [4.78, 5) is 2.29. The van der Waals surface area contributed by atoms with Crippen molar-refractivity contribution in [2.24, 2.45) is 0 Å². The molecule has 0 aliphatic heterocycles. The maximum atomic E-state index is 2.51. The lowest BCUT2D eigenvalue weighted by atomic mass is 9.81. The van der Waals surface area contributed by atoms with E-state index >= 15 is 0 Å². The van der Waals surface area contributed by atoms with Gasteiger partial charge in [-0.1, -0.05) is 123 Å². The molecular formula is C43H36N2. The van der Waals surface area contributed by atoms with Crippen LogP contribution in [0.15, 0.2) is 140 Å². The lowest BCUT2D eigenvalue weighted by Crippen LogP contribution is -2.16. The van der Waals surface area contributed by atoms with Gasteiger partial charge in [-0.15, -0.1) is 0 Å². The van der Waals surface area contributed by atoms with Crippen molar-refractivity contribution >= 4 is 51.0 Å². The number of rotatable bonds is 6. The number of hydrogen-bond acceptors (Lipinski definition) is 1. The average molecular weight is 581 g/mol. The van der Waals surface area contributed by atoms with Crippen molar-refractivity contribution in [3.05, 3.63) is 162 Å². The number of para-hydroxylation sites is 3. The number of hydrogen-bond donors (Lipinski definition) is 0. The van der Waals surface area contributed by atoms with Crippen LogP contribution in [0.2, 0.25) is 0 Å². The zero-order chi connectivity index (χ0) is 30.5. The molecule has 2 nitrogen and oxygen atoms in total. The molecule has 0 spiro atoms. The first-order valence-corrected chi connectivity index (χ1v) is 15.9. The zero-order valence-corrected chi connectivity index (χ0v) is 26.0. The third-order valence-corrected chi connectivity index (χ3v) is 9.53. The fraction of sp³-hybridized carbons (Fsp3) is 0.116. The lowest BCUT2D eigenvalue weighted by Gasteiger charge is -2.25. The molecule has 6 aromatic carbocycles. The molecule has 45 heavy (non-hydrogen) atoms. The Hall–Kier alpha value is -5.34. The topological polar surface area (TPSA) is 8.17 Å². The summed E-state index contributed by atoms with van der Waals surface area (Å²) in [6.07, 6.45) is 4.47. The van der Waals surface area contributed by atoms with Crippen molar-refractivity contribution in [1.29, 1.82) is 0 Å². The maximum absolute atomic E-state index is 2.51. The molecule has 0 saturated heterocycles. The molecule has 1 aliphatic carbocycles. The average Bonchev–Trinajstić information content (AvgIpc) is 3.53. The summed E-state index contributed by atoms with van der Waals surface area (Å²) in [5, 5.41) is 2.70. The monoisotopic (exact) mass is 580 g/mol. The van der Waals surface area contributed by atoms with Crippen LogP contribution in [0, 0.1) is 0 Å². The minimum absolute atomic E-state index is 0.102. The summed E-state index contributed by atoms with van der Waals surface area (Å²) in [6.45, 7) is 8.00. The molecule has 218 valence electrons. The van der Waals surface area contributed by atoms with E-state index in [-0.39, 0.29) is 5.41 Å². The summed E-state index contributed by atoms with van der Waals surface area (Å²) in [5.41, 5.74) is 14.0. The standard InChI is InChI=1S/C43H36N2/c1-4-44-40-18-12-11-17-36(40)38-28-27-37-35-26-23-31(29-39(35)43(2,3)41(37)42(38)44)20-19-30-21-24-34(25-22-30)45(32-13-7-5-8-14-32)33-15-9-6-10-16-33/h5-29H,4H2,1-3H3/b20-19+. The number of aryl methyl sites for hydroxylation is 1. The van der Waals surface area contributed by atoms with Crippen molar-refractivity contribution in [2.75, 3.05) is 4.90 Å². The van der Waals surface area contributed by atoms with Gasteiger partial charge >= 0.3 is 0 Å². The minimum Gasteiger partial charge on any atom is -0.340 e. The first kappa shape index (κ1) is 27.2. The van der Waals surface area contributed by atoms with E-state index in [9.17, 15) is 0 Å². The van der Waals surface area contributed by atoms with Crippen LogP contribution < -0.4 is 4.90 Å². The highest BCUT2D eigenvalue weighted by Crippen LogP contribution is 2.52. The Balaban J connectivity index is 1.13. The first-order valence-electron chi connectivity index (χ1n) is 15.9. The van der Waals surface area contributed by atoms with Crippen molar-refractivity contribution in [3.8, 4) is 11.1 Å². The van der Waals surface area contributed by atoms with Gasteiger partial charge in [-0.3, -0.25) is 0 Å². The molecule has 8 rings (SSSR count). The zero-order valence-electron chi connectivity index (χ0n) is 26.0. The molecule has 1 heterocycles. The second-order valence-electron chi connectivity index (χ2n) is 12.5. The quantitative estimate of drug-likeness (QED) is 0.178. The molecule has 0 bridgehead atoms. The Morgan fingerprint density at radius 3 is 1.84 bits per heavy atom. The van der Waals surface area contributed by atoms with Gasteiger partial charge in [0.05, 0.1) is 5.52 Å². The molecule has 0 unspecified atom stereocenters. The molecule has 0 fully saturated rings. The smallest absolute Gasteiger partial charge is 0.0539 e. The Morgan fingerprint density at radius 1 is 0.578 bits per heavy atom. The fourth-order valence-corrected chi connectivity index (χ4v) is 7.41. The van der Waals surface area contributed by atoms with Gasteiger partial charge in [-0.05, 0) is 82.8 Å². The maximum Gasteiger partial charge on any atom is 0.0539 e. The summed E-state index contributed by atoms with van der Waals surface area (Å²) in [5.74, 6) is 0. The minimum atomic E-state index is -0.102. The molecule has 1 aromatic heterocycles. The second kappa shape index (κ2) is 10.7. The second-order valence-corrected chi connectivity index (χ2v) is 12.5. The summed E-state index contributed by atoms with van der Waals surface area (Å²) >= 11 is 0. The van der Waals surface area contributed by atoms with E-state index in [1.54, 1.807) is 0 Å². The van der Waals surface area contributed by atoms with Crippen LogP contribution in [0.5, 0.6) is 0 Å². The van der Waals surface area contributed by atoms with Gasteiger partial charge in [0.1, 0.15) is 0 Å². The number of aromatic nitrogens is 1. The molecule has 0 amide bonds. The molecule has 1 aliphatic rings. The summed E-state index contributed by atoms with van der Waals surface area (Å²) in [7, 11) is 0. The molecule has 0 N–H and O–H groups in total. The van der Waals surface area contributed by atoms with Crippen molar-refractivity contribution in [1.82, 2.24) is 4.57 Å². The predicted molar refractivity (Wildman–Crippen MR) is 193 cm³/mol. The number of nitrogens with zero attached hydrogens (tertiary/aromatic N) is 2. The molecule has 7 aromatic rings. The van der Waals surface area contributed by atoms with E-state index in [1.807, 2.05) is 0 Å². The van der Waals surface area contributed by atoms with Crippen molar-refractivity contribution < 1.29 is 0 Å². The third kappa shape index (κ3) is 4.40. The van der Waals surface area contributed by atoms with Crippen LogP contribution in [0.25, 0.3) is 45.1 Å². The van der Waals surface area contributed by atoms with Gasteiger partial charge < -0.3 is 9.47 Å². The van der Waals surface area contributed by atoms with Crippen LogP contribution in [-0.4, -0.2) is 4.57 Å². The third-order valence-electron chi connectivity index (χ3n) is 9.53. The number of benzene rings is 6. The van der Waals surface area contributed by atoms with Crippen molar-refractivity contribution in [2.45, 2.75) is 32.7 Å². The Labute approximate surface area is 265 Å². The molecule has 0 saturated carbocycles. The first-order chi connectivity index (χ1) is 22.0. The lowest BCUT2D eigenvalue weighted by molar-refractivity contribution is 0.659. The van der Waals surface area contributed by atoms with Gasteiger partial charge in [0, 0.05) is 45.3 Å². The van der Waals surface area contributed by atoms with Crippen LogP contribution in [-0.2, 0) is 12.0 Å². The molecular weight excluding hydrogens is 544 g/mol. The molecule has 2 heteroatoms. The molecule has 0 atom stereocenters. The van der Waals surface area contributed by atoms with E-state index in [1.165, 1.54) is 55.2 Å². The van der Waals surface area contributed by atoms with E-state index in [4.69, 9.17) is 0 Å². The van der Waals surface area contributed by atoms with Gasteiger partial charge in [0.15, 0.2) is 0 Å². The van der Waals surface area contributed by atoms with E-state index in [0.717, 1.165) is 23.6 Å². The van der Waals surface area contributed by atoms with Crippen LogP contribution >= 0.6 is 0 Å². The Kier molecular flexibility index (Phi) is 6.46. The SMILES string of the molecule is CCn1c2ccccc2c2ccc3c(c21)C(C)(C)c1cc(/C=C/c2ccc(N(c4ccccc4)c4ccccc4)cc2)ccc1-3. The van der Waals surface area contributed by atoms with E-state index in [0.29, 0.717) is 0 Å². The van der Waals surface area contributed by atoms with Crippen LogP contribution in [0.3, 0.4) is 0 Å². The summed E-state index contributed by atoms with van der Waals surface area (Å²) in [6, 6.07) is 50.4. The number of anilines is 3. The highest BCUT2D eigenvalue weighted by Gasteiger charge is 2.38. The van der Waals surface area contributed by atoms with E-state index < -0.39 is 0 Å². The highest BCUT2D eigenvalue weighted by atomic mass is 15.1. The van der Waals surface area contributed by atoms with Gasteiger partial charge in [-0.2, -0.15) is 0 Å². The predicted octanol–water partition coefficient (Wildman–Crippen LogP) is 11.8. The van der Waals surface area contributed by atoms with Gasteiger partial charge in [0.25, 0.3) is 0 Å². The van der Waals surface area contributed by atoms with Crippen LogP contribution in [0.1, 0.15) is 43.0 Å². The normalized spacial score (nSPS) is 13.4. The van der Waals surface area contributed by atoms with E-state index in [2.05, 4.69) is 182 Å². The van der Waals surface area contributed by atoms with Crippen LogP contribution in [0.4, 0.5) is 17.1 Å². The van der Waals surface area contributed by atoms with Crippen molar-refractivity contribution in [3.63, 3.8) is 0 Å². The highest BCUT2D eigenvalue weighted by molar-refractivity contribution is 6.12. The largest absolute Gasteiger partial charge is 0.340 e. The fourth-order valence-electron chi connectivity index (χ4n) is 7.41. The van der Waals surface area contributed by atoms with Gasteiger partial charge in [-0.25, -0.2) is 0 Å². The summed E-state index contributed by atoms with van der Waals surface area (Å²) < 4.78 is 2.51. The van der Waals surface area contributed by atoms with Gasteiger partial charge in [0.2, 0.25) is 0 Å².